The number of hydrogen-bond donors (Lipinski definition) is 1. The van der Waals surface area contributed by atoms with Gasteiger partial charge in [0.25, 0.3) is 5.91 Å². The van der Waals surface area contributed by atoms with Gasteiger partial charge in [-0.25, -0.2) is 4.72 Å². The van der Waals surface area contributed by atoms with Crippen molar-refractivity contribution in [2.45, 2.75) is 102 Å². The molecule has 11 heteroatoms. The largest absolute Gasteiger partial charge is 0.497 e. The van der Waals surface area contributed by atoms with E-state index in [1.54, 1.807) is 27.0 Å². The number of carbonyl (C=O) groups excluding carboxylic acids is 2. The zero-order valence-corrected chi connectivity index (χ0v) is 30.4. The number of hydrogen-bond acceptors (Lipinski definition) is 6. The van der Waals surface area contributed by atoms with Crippen LogP contribution in [0, 0.1) is 5.41 Å². The molecule has 0 radical (unpaired) electrons. The zero-order chi connectivity index (χ0) is 34.7. The molecule has 4 aliphatic rings. The van der Waals surface area contributed by atoms with Crippen LogP contribution in [-0.2, 0) is 21.5 Å². The number of nitrogens with zero attached hydrogens (tertiary/aromatic N) is 4. The lowest BCUT2D eigenvalue weighted by molar-refractivity contribution is -0.143. The Labute approximate surface area is 290 Å². The quantitative estimate of drug-likeness (QED) is 0.290. The number of benzene rings is 2. The summed E-state index contributed by atoms with van der Waals surface area (Å²) < 4.78 is 37.3. The standard InChI is InChI=1S/C38H51N5O5S/c1-25(2)41(4)49(46,47)39-36(44)28-13-18-32-33(21-28)42(24-38(19-20-38)37(45)43-29-14-15-30(43)23-40(3)22-29)35(27-11-16-31(48-5)17-12-27)34(32)26-9-7-6-8-10-26/h11-13,16-18,21,25-26,29-30H,6-10,14-15,19-20,22-24H2,1-5H3,(H,39,44). The van der Waals surface area contributed by atoms with Crippen molar-refractivity contribution < 1.29 is 22.7 Å². The monoisotopic (exact) mass is 689 g/mol. The van der Waals surface area contributed by atoms with Gasteiger partial charge in [0.2, 0.25) is 5.91 Å². The van der Waals surface area contributed by atoms with E-state index in [4.69, 9.17) is 4.74 Å². The van der Waals surface area contributed by atoms with E-state index in [0.717, 1.165) is 96.7 Å². The Bertz CT molecular complexity index is 1830. The highest BCUT2D eigenvalue weighted by atomic mass is 32.2. The summed E-state index contributed by atoms with van der Waals surface area (Å²) in [5.41, 5.74) is 4.05. The number of aromatic nitrogens is 1. The van der Waals surface area contributed by atoms with Crippen LogP contribution in [0.5, 0.6) is 5.75 Å². The lowest BCUT2D eigenvalue weighted by atomic mass is 9.81. The smallest absolute Gasteiger partial charge is 0.304 e. The van der Waals surface area contributed by atoms with Gasteiger partial charge in [-0.1, -0.05) is 25.3 Å². The minimum absolute atomic E-state index is 0.259. The van der Waals surface area contributed by atoms with E-state index < -0.39 is 21.5 Å². The molecule has 2 aromatic carbocycles. The molecule has 1 aromatic heterocycles. The van der Waals surface area contributed by atoms with E-state index in [9.17, 15) is 18.0 Å². The van der Waals surface area contributed by atoms with Gasteiger partial charge in [-0.15, -0.1) is 0 Å². The maximum Gasteiger partial charge on any atom is 0.304 e. The Hall–Kier alpha value is -3.41. The number of fused-ring (bicyclic) bond motifs is 3. The molecule has 2 bridgehead atoms. The molecule has 2 atom stereocenters. The molecule has 2 aliphatic heterocycles. The average Bonchev–Trinajstić information content (AvgIpc) is 3.74. The highest BCUT2D eigenvalue weighted by Crippen LogP contribution is 2.53. The summed E-state index contributed by atoms with van der Waals surface area (Å²) in [7, 11) is 1.25. The lowest BCUT2D eigenvalue weighted by Gasteiger charge is -2.41. The summed E-state index contributed by atoms with van der Waals surface area (Å²) in [6, 6.07) is 14.0. The number of ether oxygens (including phenoxy) is 1. The fourth-order valence-electron chi connectivity index (χ4n) is 8.68. The second kappa shape index (κ2) is 13.0. The maximum absolute atomic E-state index is 14.6. The summed E-state index contributed by atoms with van der Waals surface area (Å²) >= 11 is 0. The fourth-order valence-corrected chi connectivity index (χ4v) is 9.74. The summed E-state index contributed by atoms with van der Waals surface area (Å²) in [6.07, 6.45) is 9.49. The number of rotatable bonds is 10. The molecule has 2 unspecified atom stereocenters. The molecule has 7 rings (SSSR count). The molecule has 10 nitrogen and oxygen atoms in total. The van der Waals surface area contributed by atoms with Gasteiger partial charge < -0.3 is 19.1 Å². The van der Waals surface area contributed by atoms with E-state index >= 15 is 0 Å². The van der Waals surface area contributed by atoms with Crippen LogP contribution in [0.2, 0.25) is 0 Å². The molecular formula is C38H51N5O5S. The molecule has 3 heterocycles. The minimum atomic E-state index is -4.03. The van der Waals surface area contributed by atoms with Gasteiger partial charge >= 0.3 is 10.2 Å². The van der Waals surface area contributed by atoms with Crippen molar-refractivity contribution in [1.29, 1.82) is 0 Å². The Balaban J connectivity index is 1.36. The third kappa shape index (κ3) is 6.27. The highest BCUT2D eigenvalue weighted by Gasteiger charge is 2.56. The third-order valence-electron chi connectivity index (χ3n) is 11.7. The number of nitrogens with one attached hydrogen (secondary N) is 1. The maximum atomic E-state index is 14.6. The predicted octanol–water partition coefficient (Wildman–Crippen LogP) is 5.76. The van der Waals surface area contributed by atoms with Crippen LogP contribution in [-0.4, -0.2) is 91.3 Å². The Kier molecular flexibility index (Phi) is 9.07. The minimum Gasteiger partial charge on any atom is -0.497 e. The van der Waals surface area contributed by atoms with Crippen LogP contribution in [0.15, 0.2) is 42.5 Å². The number of carbonyl (C=O) groups is 2. The predicted molar refractivity (Wildman–Crippen MR) is 192 cm³/mol. The van der Waals surface area contributed by atoms with Crippen LogP contribution in [0.3, 0.4) is 0 Å². The first-order chi connectivity index (χ1) is 23.4. The lowest BCUT2D eigenvalue weighted by Crippen LogP contribution is -2.56. The van der Waals surface area contributed by atoms with Crippen LogP contribution < -0.4 is 9.46 Å². The van der Waals surface area contributed by atoms with Crippen molar-refractivity contribution in [2.75, 3.05) is 34.3 Å². The molecule has 0 spiro atoms. The number of likely N-dealkylation sites (N-methyl/N-ethyl adjacent to an activating group) is 1. The van der Waals surface area contributed by atoms with Crippen molar-refractivity contribution in [3.63, 3.8) is 0 Å². The molecule has 49 heavy (non-hydrogen) atoms. The molecule has 4 fully saturated rings. The highest BCUT2D eigenvalue weighted by molar-refractivity contribution is 7.87. The number of methoxy groups -OCH3 is 1. The number of piperazine rings is 1. The summed E-state index contributed by atoms with van der Waals surface area (Å²) in [5.74, 6) is 0.718. The van der Waals surface area contributed by atoms with Gasteiger partial charge in [-0.2, -0.15) is 12.7 Å². The zero-order valence-electron chi connectivity index (χ0n) is 29.6. The van der Waals surface area contributed by atoms with Gasteiger partial charge in [0.1, 0.15) is 5.75 Å². The molecule has 1 N–H and O–H groups in total. The molecule has 2 aliphatic carbocycles. The molecule has 264 valence electrons. The van der Waals surface area contributed by atoms with E-state index in [1.807, 2.05) is 24.3 Å². The van der Waals surface area contributed by atoms with Crippen molar-refractivity contribution in [2.24, 2.45) is 5.41 Å². The van der Waals surface area contributed by atoms with Gasteiger partial charge in [-0.05, 0) is 113 Å². The van der Waals surface area contributed by atoms with Crippen molar-refractivity contribution in [1.82, 2.24) is 23.4 Å². The normalized spacial score (nSPS) is 22.6. The van der Waals surface area contributed by atoms with E-state index in [0.29, 0.717) is 12.5 Å². The van der Waals surface area contributed by atoms with Gasteiger partial charge in [0.15, 0.2) is 0 Å². The van der Waals surface area contributed by atoms with Crippen molar-refractivity contribution in [3.8, 4) is 17.0 Å². The third-order valence-corrected chi connectivity index (χ3v) is 13.4. The van der Waals surface area contributed by atoms with Crippen LogP contribution in [0.4, 0.5) is 0 Å². The number of amides is 2. The summed E-state index contributed by atoms with van der Waals surface area (Å²) in [6.45, 7) is 5.88. The van der Waals surface area contributed by atoms with Crippen molar-refractivity contribution in [3.05, 3.63) is 53.6 Å². The first-order valence-corrected chi connectivity index (χ1v) is 19.5. The first-order valence-electron chi connectivity index (χ1n) is 18.0. The average molecular weight is 690 g/mol. The molecule has 2 saturated heterocycles. The van der Waals surface area contributed by atoms with Crippen LogP contribution >= 0.6 is 0 Å². The molecule has 3 aromatic rings. The van der Waals surface area contributed by atoms with Crippen LogP contribution in [0.1, 0.15) is 93.5 Å². The van der Waals surface area contributed by atoms with Gasteiger partial charge in [0.05, 0.1) is 18.2 Å². The number of likely N-dealkylation sites (tertiary alicyclic amines) is 1. The van der Waals surface area contributed by atoms with E-state index in [-0.39, 0.29) is 29.6 Å². The molecular weight excluding hydrogens is 639 g/mol. The second-order valence-corrected chi connectivity index (χ2v) is 17.0. The molecule has 2 amide bonds. The second-order valence-electron chi connectivity index (χ2n) is 15.3. The first kappa shape index (κ1) is 34.1. The molecule has 2 saturated carbocycles. The summed E-state index contributed by atoms with van der Waals surface area (Å²) in [4.78, 5) is 32.8. The Morgan fingerprint density at radius 1 is 0.980 bits per heavy atom. The summed E-state index contributed by atoms with van der Waals surface area (Å²) in [5, 5.41) is 1.07. The van der Waals surface area contributed by atoms with Gasteiger partial charge in [-0.3, -0.25) is 9.59 Å². The Morgan fingerprint density at radius 2 is 1.63 bits per heavy atom. The van der Waals surface area contributed by atoms with Gasteiger partial charge in [0, 0.05) is 61.3 Å². The SMILES string of the molecule is COc1ccc(-c2c(C3CCCCC3)c3ccc(C(=O)NS(=O)(=O)N(C)C(C)C)cc3n2CC2(C(=O)N3C4CCC3CN(C)C4)CC2)cc1. The topological polar surface area (TPSA) is 104 Å². The Morgan fingerprint density at radius 3 is 2.22 bits per heavy atom. The van der Waals surface area contributed by atoms with E-state index in [2.05, 4.69) is 38.3 Å². The fraction of sp³-hybridized carbons (Fsp3) is 0.579. The van der Waals surface area contributed by atoms with E-state index in [1.165, 1.54) is 19.0 Å². The van der Waals surface area contributed by atoms with Crippen molar-refractivity contribution >= 4 is 32.9 Å². The van der Waals surface area contributed by atoms with Crippen LogP contribution in [0.25, 0.3) is 22.2 Å².